The molecule has 0 aliphatic carbocycles. The Morgan fingerprint density at radius 2 is 1.83 bits per heavy atom. The Labute approximate surface area is 82.5 Å². The molecular formula is C7H9BrNO2S-. The molecular weight excluding hydrogens is 242 g/mol. The number of benzene rings is 1. The van der Waals surface area contributed by atoms with Crippen LogP contribution < -0.4 is 5.14 Å². The van der Waals surface area contributed by atoms with Crippen LogP contribution in [0.5, 0.6) is 0 Å². The molecule has 1 aromatic carbocycles. The second-order valence-electron chi connectivity index (χ2n) is 1.88. The van der Waals surface area contributed by atoms with Crippen molar-refractivity contribution in [3.8, 4) is 0 Å². The third kappa shape index (κ3) is 7.87. The van der Waals surface area contributed by atoms with Crippen LogP contribution in [0.3, 0.4) is 0 Å². The van der Waals surface area contributed by atoms with Crippen LogP contribution >= 0.6 is 15.9 Å². The Balaban J connectivity index is 0.000000261. The highest BCUT2D eigenvalue weighted by Gasteiger charge is 1.81. The minimum absolute atomic E-state index is 0.952. The van der Waals surface area contributed by atoms with Gasteiger partial charge in [-0.15, -0.1) is 0 Å². The quantitative estimate of drug-likeness (QED) is 0.604. The van der Waals surface area contributed by atoms with Crippen LogP contribution in [0.2, 0.25) is 0 Å². The maximum absolute atomic E-state index is 8.78. The standard InChI is InChI=1S/C7H7Br.H3NO2S/c8-6-7-4-2-1-3-5-7;1-4(2)3/h1-5H,6H2;1H2,(H,2,3)/p-1. The number of nitrogens with two attached hydrogens (primary N) is 1. The van der Waals surface area contributed by atoms with Gasteiger partial charge in [0.25, 0.3) is 0 Å². The second-order valence-corrected chi connectivity index (χ2v) is 2.96. The lowest BCUT2D eigenvalue weighted by Gasteiger charge is -1.88. The van der Waals surface area contributed by atoms with Gasteiger partial charge in [0, 0.05) is 16.6 Å². The van der Waals surface area contributed by atoms with Gasteiger partial charge < -0.3 is 4.55 Å². The molecule has 0 amide bonds. The van der Waals surface area contributed by atoms with E-state index >= 15 is 0 Å². The molecule has 1 rings (SSSR count). The topological polar surface area (TPSA) is 66.2 Å². The Kier molecular flexibility index (Phi) is 7.28. The lowest BCUT2D eigenvalue weighted by Crippen LogP contribution is -1.97. The van der Waals surface area contributed by atoms with E-state index in [2.05, 4.69) is 33.2 Å². The molecule has 1 atom stereocenters. The highest BCUT2D eigenvalue weighted by atomic mass is 79.9. The number of alkyl halides is 1. The Hall–Kier alpha value is -0.230. The molecule has 0 heterocycles. The number of rotatable bonds is 1. The molecule has 1 unspecified atom stereocenters. The third-order valence-electron chi connectivity index (χ3n) is 0.997. The van der Waals surface area contributed by atoms with Gasteiger partial charge in [-0.1, -0.05) is 46.3 Å². The smallest absolute Gasteiger partial charge is 0.0283 e. The van der Waals surface area contributed by atoms with Crippen molar-refractivity contribution < 1.29 is 8.76 Å². The van der Waals surface area contributed by atoms with Crippen molar-refractivity contribution in [2.24, 2.45) is 5.14 Å². The Bertz CT molecular complexity index is 226. The molecule has 0 saturated carbocycles. The van der Waals surface area contributed by atoms with Crippen molar-refractivity contribution in [2.45, 2.75) is 5.33 Å². The summed E-state index contributed by atoms with van der Waals surface area (Å²) >= 11 is 0.996. The van der Waals surface area contributed by atoms with Crippen LogP contribution in [0.1, 0.15) is 5.56 Å². The van der Waals surface area contributed by atoms with Crippen LogP contribution in [0, 0.1) is 0 Å². The summed E-state index contributed by atoms with van der Waals surface area (Å²) in [5.41, 5.74) is 1.33. The van der Waals surface area contributed by atoms with E-state index in [1.807, 2.05) is 18.2 Å². The predicted octanol–water partition coefficient (Wildman–Crippen LogP) is 1.32. The highest BCUT2D eigenvalue weighted by molar-refractivity contribution is 9.08. The van der Waals surface area contributed by atoms with Gasteiger partial charge in [-0.05, 0) is 5.56 Å². The minimum atomic E-state index is -2.36. The molecule has 0 aromatic heterocycles. The third-order valence-corrected chi connectivity index (χ3v) is 1.64. The zero-order valence-electron chi connectivity index (χ0n) is 6.27. The SMILES string of the molecule is BrCc1ccccc1.NS(=O)[O-]. The molecule has 1 aromatic rings. The predicted molar refractivity (Wildman–Crippen MR) is 52.2 cm³/mol. The summed E-state index contributed by atoms with van der Waals surface area (Å²) in [4.78, 5) is 0. The molecule has 0 saturated heterocycles. The molecule has 0 aliphatic rings. The summed E-state index contributed by atoms with van der Waals surface area (Å²) in [6.07, 6.45) is 0. The van der Waals surface area contributed by atoms with E-state index in [9.17, 15) is 0 Å². The fourth-order valence-corrected chi connectivity index (χ4v) is 0.941. The highest BCUT2D eigenvalue weighted by Crippen LogP contribution is 2.02. The van der Waals surface area contributed by atoms with Crippen LogP contribution in [-0.4, -0.2) is 8.76 Å². The van der Waals surface area contributed by atoms with Crippen LogP contribution in [0.4, 0.5) is 0 Å². The maximum Gasteiger partial charge on any atom is 0.0283 e. The average Bonchev–Trinajstić information content (AvgIpc) is 2.05. The van der Waals surface area contributed by atoms with Crippen molar-refractivity contribution in [2.75, 3.05) is 0 Å². The van der Waals surface area contributed by atoms with Crippen molar-refractivity contribution in [3.05, 3.63) is 35.9 Å². The van der Waals surface area contributed by atoms with E-state index in [1.165, 1.54) is 5.56 Å². The van der Waals surface area contributed by atoms with E-state index in [0.29, 0.717) is 0 Å². The average molecular weight is 251 g/mol. The summed E-state index contributed by atoms with van der Waals surface area (Å²) < 4.78 is 17.6. The van der Waals surface area contributed by atoms with E-state index in [0.717, 1.165) is 5.33 Å². The Morgan fingerprint density at radius 3 is 2.08 bits per heavy atom. The van der Waals surface area contributed by atoms with Gasteiger partial charge in [-0.25, -0.2) is 0 Å². The van der Waals surface area contributed by atoms with Crippen molar-refractivity contribution in [1.29, 1.82) is 0 Å². The summed E-state index contributed by atoms with van der Waals surface area (Å²) in [7, 11) is 0. The molecule has 68 valence electrons. The molecule has 0 bridgehead atoms. The van der Waals surface area contributed by atoms with Gasteiger partial charge in [-0.2, -0.15) is 0 Å². The molecule has 0 aliphatic heterocycles. The number of hydrogen-bond donors (Lipinski definition) is 1. The van der Waals surface area contributed by atoms with E-state index < -0.39 is 11.3 Å². The summed E-state index contributed by atoms with van der Waals surface area (Å²) in [6, 6.07) is 10.3. The van der Waals surface area contributed by atoms with E-state index in [-0.39, 0.29) is 0 Å². The van der Waals surface area contributed by atoms with Gasteiger partial charge in [0.15, 0.2) is 0 Å². The van der Waals surface area contributed by atoms with E-state index in [4.69, 9.17) is 8.76 Å². The molecule has 0 fully saturated rings. The van der Waals surface area contributed by atoms with Gasteiger partial charge in [0.1, 0.15) is 0 Å². The molecule has 0 radical (unpaired) electrons. The van der Waals surface area contributed by atoms with Crippen LogP contribution in [0.15, 0.2) is 30.3 Å². The van der Waals surface area contributed by atoms with Crippen molar-refractivity contribution in [1.82, 2.24) is 0 Å². The fraction of sp³-hybridized carbons (Fsp3) is 0.143. The number of halogens is 1. The minimum Gasteiger partial charge on any atom is -0.760 e. The van der Waals surface area contributed by atoms with Crippen molar-refractivity contribution in [3.63, 3.8) is 0 Å². The van der Waals surface area contributed by atoms with Gasteiger partial charge in [0.05, 0.1) is 0 Å². The molecule has 0 spiro atoms. The molecule has 5 heteroatoms. The Morgan fingerprint density at radius 1 is 1.42 bits per heavy atom. The molecule has 12 heavy (non-hydrogen) atoms. The van der Waals surface area contributed by atoms with Crippen LogP contribution in [-0.2, 0) is 16.6 Å². The first-order valence-electron chi connectivity index (χ1n) is 3.10. The lowest BCUT2D eigenvalue weighted by molar-refractivity contribution is 0.539. The second kappa shape index (κ2) is 7.42. The monoisotopic (exact) mass is 250 g/mol. The maximum atomic E-state index is 8.78. The first-order valence-corrected chi connectivity index (χ1v) is 5.36. The fourth-order valence-electron chi connectivity index (χ4n) is 0.567. The zero-order chi connectivity index (χ0) is 9.40. The number of hydrogen-bond acceptors (Lipinski definition) is 2. The lowest BCUT2D eigenvalue weighted by atomic mass is 10.2. The molecule has 2 N–H and O–H groups in total. The summed E-state index contributed by atoms with van der Waals surface area (Å²) in [5.74, 6) is 0. The zero-order valence-corrected chi connectivity index (χ0v) is 8.68. The van der Waals surface area contributed by atoms with Crippen LogP contribution in [0.25, 0.3) is 0 Å². The first-order chi connectivity index (χ1) is 5.66. The van der Waals surface area contributed by atoms with Gasteiger partial charge in [-0.3, -0.25) is 9.35 Å². The first kappa shape index (κ1) is 11.8. The van der Waals surface area contributed by atoms with Gasteiger partial charge >= 0.3 is 0 Å². The van der Waals surface area contributed by atoms with E-state index in [1.54, 1.807) is 0 Å². The van der Waals surface area contributed by atoms with Gasteiger partial charge in [0.2, 0.25) is 0 Å². The normalized spacial score (nSPS) is 11.2. The summed E-state index contributed by atoms with van der Waals surface area (Å²) in [5, 5.41) is 4.98. The summed E-state index contributed by atoms with van der Waals surface area (Å²) in [6.45, 7) is 0. The largest absolute Gasteiger partial charge is 0.760 e. The molecule has 3 nitrogen and oxygen atoms in total. The van der Waals surface area contributed by atoms with Crippen molar-refractivity contribution >= 4 is 27.2 Å².